The number of aromatic nitrogens is 3. The molecule has 0 aliphatic heterocycles. The minimum absolute atomic E-state index is 0.0355. The molecule has 92 valence electrons. The molecule has 1 aliphatic rings. The fourth-order valence-electron chi connectivity index (χ4n) is 2.15. The van der Waals surface area contributed by atoms with E-state index in [1.165, 1.54) is 0 Å². The first-order valence-corrected chi connectivity index (χ1v) is 6.20. The van der Waals surface area contributed by atoms with Crippen molar-refractivity contribution in [3.8, 4) is 11.3 Å². The first-order chi connectivity index (χ1) is 8.73. The zero-order valence-electron chi connectivity index (χ0n) is 10.4. The molecule has 2 aromatic rings. The molecule has 18 heavy (non-hydrogen) atoms. The van der Waals surface area contributed by atoms with Gasteiger partial charge in [0, 0.05) is 35.6 Å². The summed E-state index contributed by atoms with van der Waals surface area (Å²) in [6.45, 7) is 2.63. The lowest BCUT2D eigenvalue weighted by atomic mass is 10.1. The maximum absolute atomic E-state index is 5.85. The highest BCUT2D eigenvalue weighted by atomic mass is 14.9. The molecule has 2 aromatic heterocycles. The molecule has 0 radical (unpaired) electrons. The topological polar surface area (TPSA) is 64.7 Å². The molecule has 0 saturated heterocycles. The number of nitrogens with two attached hydrogens (primary N) is 1. The normalized spacial score (nSPS) is 16.6. The molecule has 1 saturated carbocycles. The van der Waals surface area contributed by atoms with Gasteiger partial charge in [-0.3, -0.25) is 4.98 Å². The molecule has 0 amide bonds. The molecule has 2 heterocycles. The van der Waals surface area contributed by atoms with Crippen molar-refractivity contribution in [2.45, 2.75) is 25.2 Å². The summed E-state index contributed by atoms with van der Waals surface area (Å²) in [6.07, 6.45) is 5.76. The van der Waals surface area contributed by atoms with E-state index in [9.17, 15) is 0 Å². The van der Waals surface area contributed by atoms with Gasteiger partial charge in [-0.05, 0) is 38.0 Å². The van der Waals surface area contributed by atoms with Gasteiger partial charge < -0.3 is 5.73 Å². The van der Waals surface area contributed by atoms with Gasteiger partial charge in [-0.25, -0.2) is 9.97 Å². The Kier molecular flexibility index (Phi) is 2.59. The third kappa shape index (κ3) is 1.88. The lowest BCUT2D eigenvalue weighted by molar-refractivity contribution is 0.646. The summed E-state index contributed by atoms with van der Waals surface area (Å²) in [4.78, 5) is 13.3. The summed E-state index contributed by atoms with van der Waals surface area (Å²) < 4.78 is 0. The Hall–Kier alpha value is -1.81. The SMILES string of the molecule is Cc1cc(-c2ccncc2)nc(C2(CN)CC2)n1. The van der Waals surface area contributed by atoms with Crippen LogP contribution in [0.2, 0.25) is 0 Å². The molecule has 0 spiro atoms. The molecule has 4 heteroatoms. The number of aryl methyl sites for hydroxylation is 1. The van der Waals surface area contributed by atoms with Crippen molar-refractivity contribution in [2.24, 2.45) is 5.73 Å². The van der Waals surface area contributed by atoms with Gasteiger partial charge in [0.05, 0.1) is 5.69 Å². The summed E-state index contributed by atoms with van der Waals surface area (Å²) >= 11 is 0. The van der Waals surface area contributed by atoms with Crippen LogP contribution in [0.5, 0.6) is 0 Å². The minimum atomic E-state index is 0.0355. The van der Waals surface area contributed by atoms with E-state index in [4.69, 9.17) is 5.73 Å². The van der Waals surface area contributed by atoms with Gasteiger partial charge in [0.2, 0.25) is 0 Å². The summed E-state index contributed by atoms with van der Waals surface area (Å²) in [5, 5.41) is 0. The Bertz CT molecular complexity index is 561. The molecule has 3 rings (SSSR count). The van der Waals surface area contributed by atoms with E-state index in [1.807, 2.05) is 25.1 Å². The molecule has 0 aromatic carbocycles. The van der Waals surface area contributed by atoms with Gasteiger partial charge in [-0.1, -0.05) is 0 Å². The second-order valence-corrected chi connectivity index (χ2v) is 4.94. The van der Waals surface area contributed by atoms with Gasteiger partial charge in [0.25, 0.3) is 0 Å². The zero-order valence-corrected chi connectivity index (χ0v) is 10.4. The zero-order chi connectivity index (χ0) is 12.6. The van der Waals surface area contributed by atoms with Crippen LogP contribution in [0.25, 0.3) is 11.3 Å². The fraction of sp³-hybridized carbons (Fsp3) is 0.357. The van der Waals surface area contributed by atoms with Crippen LogP contribution < -0.4 is 5.73 Å². The Morgan fingerprint density at radius 3 is 2.56 bits per heavy atom. The van der Waals surface area contributed by atoms with Crippen LogP contribution in [-0.4, -0.2) is 21.5 Å². The highest BCUT2D eigenvalue weighted by Crippen LogP contribution is 2.45. The number of hydrogen-bond acceptors (Lipinski definition) is 4. The van der Waals surface area contributed by atoms with Gasteiger partial charge in [0.15, 0.2) is 0 Å². The molecule has 2 N–H and O–H groups in total. The molecular formula is C14H16N4. The number of hydrogen-bond donors (Lipinski definition) is 1. The smallest absolute Gasteiger partial charge is 0.136 e. The van der Waals surface area contributed by atoms with E-state index >= 15 is 0 Å². The monoisotopic (exact) mass is 240 g/mol. The summed E-state index contributed by atoms with van der Waals surface area (Å²) in [7, 11) is 0. The molecule has 4 nitrogen and oxygen atoms in total. The Morgan fingerprint density at radius 2 is 1.94 bits per heavy atom. The third-order valence-corrected chi connectivity index (χ3v) is 3.55. The highest BCUT2D eigenvalue weighted by molar-refractivity contribution is 5.58. The fourth-order valence-corrected chi connectivity index (χ4v) is 2.15. The first-order valence-electron chi connectivity index (χ1n) is 6.20. The van der Waals surface area contributed by atoms with Crippen molar-refractivity contribution >= 4 is 0 Å². The van der Waals surface area contributed by atoms with E-state index in [2.05, 4.69) is 15.0 Å². The predicted molar refractivity (Wildman–Crippen MR) is 70.0 cm³/mol. The largest absolute Gasteiger partial charge is 0.329 e. The van der Waals surface area contributed by atoms with E-state index < -0.39 is 0 Å². The standard InChI is InChI=1S/C14H16N4/c1-10-8-12(11-2-6-16-7-3-11)18-13(17-10)14(9-15)4-5-14/h2-3,6-8H,4-5,9,15H2,1H3. The van der Waals surface area contributed by atoms with Gasteiger partial charge in [-0.15, -0.1) is 0 Å². The van der Waals surface area contributed by atoms with E-state index in [-0.39, 0.29) is 5.41 Å². The molecule has 0 unspecified atom stereocenters. The quantitative estimate of drug-likeness (QED) is 0.889. The third-order valence-electron chi connectivity index (χ3n) is 3.55. The minimum Gasteiger partial charge on any atom is -0.329 e. The van der Waals surface area contributed by atoms with Gasteiger partial charge in [0.1, 0.15) is 5.82 Å². The van der Waals surface area contributed by atoms with Crippen LogP contribution in [0.1, 0.15) is 24.4 Å². The lowest BCUT2D eigenvalue weighted by Crippen LogP contribution is -2.23. The van der Waals surface area contributed by atoms with E-state index in [0.29, 0.717) is 6.54 Å². The van der Waals surface area contributed by atoms with Gasteiger partial charge in [-0.2, -0.15) is 0 Å². The van der Waals surface area contributed by atoms with E-state index in [0.717, 1.165) is 35.6 Å². The Labute approximate surface area is 106 Å². The lowest BCUT2D eigenvalue weighted by Gasteiger charge is -2.13. The van der Waals surface area contributed by atoms with Crippen molar-refractivity contribution in [1.29, 1.82) is 0 Å². The second-order valence-electron chi connectivity index (χ2n) is 4.94. The van der Waals surface area contributed by atoms with Gasteiger partial charge >= 0.3 is 0 Å². The average molecular weight is 240 g/mol. The van der Waals surface area contributed by atoms with Crippen LogP contribution in [0.15, 0.2) is 30.6 Å². The van der Waals surface area contributed by atoms with Crippen molar-refractivity contribution in [1.82, 2.24) is 15.0 Å². The predicted octanol–water partition coefficient (Wildman–Crippen LogP) is 1.84. The van der Waals surface area contributed by atoms with E-state index in [1.54, 1.807) is 12.4 Å². The summed E-state index contributed by atoms with van der Waals surface area (Å²) in [5.74, 6) is 0.900. The van der Waals surface area contributed by atoms with Crippen LogP contribution in [-0.2, 0) is 5.41 Å². The molecular weight excluding hydrogens is 224 g/mol. The van der Waals surface area contributed by atoms with Crippen LogP contribution in [0.3, 0.4) is 0 Å². The molecule has 1 aliphatic carbocycles. The Morgan fingerprint density at radius 1 is 1.22 bits per heavy atom. The summed E-state index contributed by atoms with van der Waals surface area (Å²) in [5.41, 5.74) is 8.91. The van der Waals surface area contributed by atoms with Crippen molar-refractivity contribution < 1.29 is 0 Å². The van der Waals surface area contributed by atoms with Crippen LogP contribution in [0, 0.1) is 6.92 Å². The van der Waals surface area contributed by atoms with Crippen molar-refractivity contribution in [3.63, 3.8) is 0 Å². The molecule has 0 bridgehead atoms. The number of pyridine rings is 1. The summed E-state index contributed by atoms with van der Waals surface area (Å²) in [6, 6.07) is 5.94. The highest BCUT2D eigenvalue weighted by Gasteiger charge is 2.46. The number of nitrogens with zero attached hydrogens (tertiary/aromatic N) is 3. The Balaban J connectivity index is 2.07. The maximum Gasteiger partial charge on any atom is 0.136 e. The molecule has 0 atom stereocenters. The van der Waals surface area contributed by atoms with Crippen LogP contribution >= 0.6 is 0 Å². The number of rotatable bonds is 3. The van der Waals surface area contributed by atoms with Crippen LogP contribution in [0.4, 0.5) is 0 Å². The maximum atomic E-state index is 5.85. The first kappa shape index (κ1) is 11.3. The van der Waals surface area contributed by atoms with Crippen molar-refractivity contribution in [2.75, 3.05) is 6.54 Å². The molecule has 1 fully saturated rings. The average Bonchev–Trinajstić information content (AvgIpc) is 3.20. The second kappa shape index (κ2) is 4.14. The van der Waals surface area contributed by atoms with Crippen molar-refractivity contribution in [3.05, 3.63) is 42.1 Å².